The zero-order chi connectivity index (χ0) is 9.97. The second-order valence-corrected chi connectivity index (χ2v) is 3.65. The molecule has 1 aliphatic heterocycles. The van der Waals surface area contributed by atoms with E-state index in [9.17, 15) is 10.2 Å². The molecule has 1 aliphatic rings. The third kappa shape index (κ3) is 2.09. The summed E-state index contributed by atoms with van der Waals surface area (Å²) < 4.78 is 0. The predicted octanol–water partition coefficient (Wildman–Crippen LogP) is -0.381. The number of β-amino-alcohol motifs (C(OH)–C–C–N with tert-alkyl or cyclic N) is 2. The van der Waals surface area contributed by atoms with Crippen LogP contribution in [0.15, 0.2) is 24.4 Å². The first-order chi connectivity index (χ1) is 6.75. The predicted molar refractivity (Wildman–Crippen MR) is 51.5 cm³/mol. The van der Waals surface area contributed by atoms with Gasteiger partial charge in [-0.05, 0) is 12.1 Å². The van der Waals surface area contributed by atoms with Gasteiger partial charge in [-0.15, -0.1) is 0 Å². The fourth-order valence-electron chi connectivity index (χ4n) is 1.70. The van der Waals surface area contributed by atoms with Crippen molar-refractivity contribution in [3.05, 3.63) is 30.1 Å². The zero-order valence-corrected chi connectivity index (χ0v) is 7.87. The highest BCUT2D eigenvalue weighted by atomic mass is 16.3. The van der Waals surface area contributed by atoms with Crippen LogP contribution in [-0.4, -0.2) is 45.4 Å². The quantitative estimate of drug-likeness (QED) is 0.674. The first-order valence-corrected chi connectivity index (χ1v) is 4.74. The molecule has 76 valence electrons. The Balaban J connectivity index is 1.94. The van der Waals surface area contributed by atoms with Gasteiger partial charge in [0.05, 0.1) is 17.9 Å². The lowest BCUT2D eigenvalue weighted by Crippen LogP contribution is -2.22. The molecule has 0 unspecified atom stereocenters. The number of likely N-dealkylation sites (tertiary alicyclic amines) is 1. The van der Waals surface area contributed by atoms with Gasteiger partial charge in [0, 0.05) is 25.8 Å². The van der Waals surface area contributed by atoms with Gasteiger partial charge in [-0.25, -0.2) is 0 Å². The van der Waals surface area contributed by atoms with Gasteiger partial charge in [-0.3, -0.25) is 9.88 Å². The number of hydrogen-bond acceptors (Lipinski definition) is 4. The van der Waals surface area contributed by atoms with Crippen molar-refractivity contribution in [3.63, 3.8) is 0 Å². The van der Waals surface area contributed by atoms with Crippen molar-refractivity contribution in [2.45, 2.75) is 18.8 Å². The van der Waals surface area contributed by atoms with Crippen molar-refractivity contribution in [3.8, 4) is 0 Å². The Bertz CT molecular complexity index is 281. The molecular formula is C10H14N2O2. The van der Waals surface area contributed by atoms with Crippen molar-refractivity contribution in [1.82, 2.24) is 9.88 Å². The average molecular weight is 194 g/mol. The van der Waals surface area contributed by atoms with E-state index in [1.54, 1.807) is 6.20 Å². The minimum absolute atomic E-state index is 0.526. The van der Waals surface area contributed by atoms with E-state index in [-0.39, 0.29) is 0 Å². The van der Waals surface area contributed by atoms with Crippen LogP contribution in [0.25, 0.3) is 0 Å². The van der Waals surface area contributed by atoms with Crippen molar-refractivity contribution in [2.75, 3.05) is 13.1 Å². The van der Waals surface area contributed by atoms with Crippen molar-refractivity contribution >= 4 is 0 Å². The molecule has 2 rings (SSSR count). The summed E-state index contributed by atoms with van der Waals surface area (Å²) in [6, 6.07) is 5.75. The first kappa shape index (κ1) is 9.58. The lowest BCUT2D eigenvalue weighted by atomic mass is 10.3. The normalized spacial score (nSPS) is 28.1. The lowest BCUT2D eigenvalue weighted by molar-refractivity contribution is 0.0572. The van der Waals surface area contributed by atoms with Gasteiger partial charge in [-0.2, -0.15) is 0 Å². The molecule has 0 radical (unpaired) electrons. The number of aliphatic hydroxyl groups excluding tert-OH is 2. The number of aliphatic hydroxyl groups is 2. The highest BCUT2D eigenvalue weighted by Crippen LogP contribution is 2.12. The van der Waals surface area contributed by atoms with E-state index < -0.39 is 12.2 Å². The molecule has 1 aromatic rings. The molecule has 1 fully saturated rings. The summed E-state index contributed by atoms with van der Waals surface area (Å²) in [6.45, 7) is 1.74. The summed E-state index contributed by atoms with van der Waals surface area (Å²) in [5.74, 6) is 0. The fraction of sp³-hybridized carbons (Fsp3) is 0.500. The molecule has 0 bridgehead atoms. The number of rotatable bonds is 2. The van der Waals surface area contributed by atoms with Gasteiger partial charge in [0.25, 0.3) is 0 Å². The molecule has 14 heavy (non-hydrogen) atoms. The second-order valence-electron chi connectivity index (χ2n) is 3.65. The molecule has 0 spiro atoms. The first-order valence-electron chi connectivity index (χ1n) is 4.74. The molecular weight excluding hydrogens is 180 g/mol. The largest absolute Gasteiger partial charge is 0.389 e. The van der Waals surface area contributed by atoms with E-state index in [1.165, 1.54) is 0 Å². The maximum Gasteiger partial charge on any atom is 0.0938 e. The third-order valence-corrected chi connectivity index (χ3v) is 2.45. The molecule has 0 aromatic carbocycles. The van der Waals surface area contributed by atoms with Crippen molar-refractivity contribution < 1.29 is 10.2 Å². The Kier molecular flexibility index (Phi) is 2.77. The standard InChI is InChI=1S/C10H14N2O2/c13-9-6-12(7-10(9)14)5-8-3-1-2-4-11-8/h1-4,9-10,13-14H,5-7H2/t9-,10+. The molecule has 4 heteroatoms. The van der Waals surface area contributed by atoms with Crippen LogP contribution in [0.5, 0.6) is 0 Å². The summed E-state index contributed by atoms with van der Waals surface area (Å²) in [6.07, 6.45) is 0.524. The molecule has 2 N–H and O–H groups in total. The molecule has 2 atom stereocenters. The van der Waals surface area contributed by atoms with Gasteiger partial charge in [0.1, 0.15) is 0 Å². The number of aromatic nitrogens is 1. The lowest BCUT2D eigenvalue weighted by Gasteiger charge is -2.13. The highest BCUT2D eigenvalue weighted by molar-refractivity contribution is 5.04. The van der Waals surface area contributed by atoms with Crippen LogP contribution in [-0.2, 0) is 6.54 Å². The van der Waals surface area contributed by atoms with Crippen LogP contribution in [0.4, 0.5) is 0 Å². The molecule has 0 aliphatic carbocycles. The van der Waals surface area contributed by atoms with E-state index in [0.29, 0.717) is 19.6 Å². The molecule has 0 saturated carbocycles. The molecule has 1 saturated heterocycles. The maximum atomic E-state index is 9.33. The Morgan fingerprint density at radius 3 is 2.57 bits per heavy atom. The topological polar surface area (TPSA) is 56.6 Å². The molecule has 0 amide bonds. The van der Waals surface area contributed by atoms with Gasteiger partial charge >= 0.3 is 0 Å². The van der Waals surface area contributed by atoms with Crippen LogP contribution in [0.3, 0.4) is 0 Å². The van der Waals surface area contributed by atoms with Crippen molar-refractivity contribution in [1.29, 1.82) is 0 Å². The Morgan fingerprint density at radius 2 is 2.00 bits per heavy atom. The van der Waals surface area contributed by atoms with Crippen LogP contribution in [0.2, 0.25) is 0 Å². The number of pyridine rings is 1. The monoisotopic (exact) mass is 194 g/mol. The Labute approximate surface area is 82.8 Å². The molecule has 1 aromatic heterocycles. The van der Waals surface area contributed by atoms with Gasteiger partial charge in [0.2, 0.25) is 0 Å². The van der Waals surface area contributed by atoms with Crippen molar-refractivity contribution in [2.24, 2.45) is 0 Å². The van der Waals surface area contributed by atoms with Crippen LogP contribution in [0, 0.1) is 0 Å². The second kappa shape index (κ2) is 4.04. The molecule has 2 heterocycles. The Morgan fingerprint density at radius 1 is 1.29 bits per heavy atom. The van der Waals surface area contributed by atoms with Crippen LogP contribution < -0.4 is 0 Å². The summed E-state index contributed by atoms with van der Waals surface area (Å²) in [7, 11) is 0. The zero-order valence-electron chi connectivity index (χ0n) is 7.87. The molecule has 4 nitrogen and oxygen atoms in total. The third-order valence-electron chi connectivity index (χ3n) is 2.45. The summed E-state index contributed by atoms with van der Waals surface area (Å²) in [5.41, 5.74) is 0.966. The minimum Gasteiger partial charge on any atom is -0.389 e. The minimum atomic E-state index is -0.612. The smallest absolute Gasteiger partial charge is 0.0938 e. The van der Waals surface area contributed by atoms with Gasteiger partial charge < -0.3 is 10.2 Å². The SMILES string of the molecule is O[C@@H]1CN(Cc2ccccn2)C[C@@H]1O. The average Bonchev–Trinajstić information content (AvgIpc) is 2.47. The highest BCUT2D eigenvalue weighted by Gasteiger charge is 2.29. The van der Waals surface area contributed by atoms with Crippen LogP contribution in [0.1, 0.15) is 5.69 Å². The summed E-state index contributed by atoms with van der Waals surface area (Å²) in [4.78, 5) is 6.19. The fourth-order valence-corrected chi connectivity index (χ4v) is 1.70. The summed E-state index contributed by atoms with van der Waals surface area (Å²) >= 11 is 0. The summed E-state index contributed by atoms with van der Waals surface area (Å²) in [5, 5.41) is 18.7. The number of hydrogen-bond donors (Lipinski definition) is 2. The van der Waals surface area contributed by atoms with E-state index in [0.717, 1.165) is 5.69 Å². The van der Waals surface area contributed by atoms with E-state index in [4.69, 9.17) is 0 Å². The van der Waals surface area contributed by atoms with E-state index in [2.05, 4.69) is 4.98 Å². The van der Waals surface area contributed by atoms with Crippen LogP contribution >= 0.6 is 0 Å². The Hall–Kier alpha value is -0.970. The van der Waals surface area contributed by atoms with Gasteiger partial charge in [-0.1, -0.05) is 6.07 Å². The van der Waals surface area contributed by atoms with E-state index >= 15 is 0 Å². The maximum absolute atomic E-state index is 9.33. The van der Waals surface area contributed by atoms with Gasteiger partial charge in [0.15, 0.2) is 0 Å². The number of nitrogens with zero attached hydrogens (tertiary/aromatic N) is 2. The van der Waals surface area contributed by atoms with E-state index in [1.807, 2.05) is 23.1 Å².